The Morgan fingerprint density at radius 2 is 1.98 bits per heavy atom. The molecule has 4 bridgehead atoms. The zero-order valence-electron chi connectivity index (χ0n) is 23.6. The molecule has 2 aliphatic heterocycles. The number of piperidine rings is 1. The standard InChI is InChI=1S/C31H28FN5O7/c1-42-25-6-5-19-12-26(25)43-17-28(38)35-23-16-36(30(40)22-15-33-27-4-2-3-8-37(27)31(22)41)9-7-24(23)44-21-11-18(10-20(32)13-21)14-34-29(19)39/h2-6,8,10-13,15,23-24H,7,9,14,16-17H2,1H3,(H,34,39)(H,35,38)/t23-,24+/m1/s1. The van der Waals surface area contributed by atoms with Crippen LogP contribution in [0.5, 0.6) is 17.2 Å². The Morgan fingerprint density at radius 1 is 1.11 bits per heavy atom. The first kappa shape index (κ1) is 28.6. The normalized spacial score (nSPS) is 18.7. The molecular formula is C31H28FN5O7. The van der Waals surface area contributed by atoms with E-state index in [2.05, 4.69) is 15.6 Å². The Hall–Kier alpha value is -5.46. The molecule has 13 heteroatoms. The van der Waals surface area contributed by atoms with Gasteiger partial charge in [-0.05, 0) is 48.0 Å². The van der Waals surface area contributed by atoms with E-state index in [1.54, 1.807) is 36.4 Å². The molecule has 4 heterocycles. The molecule has 0 saturated carbocycles. The summed E-state index contributed by atoms with van der Waals surface area (Å²) < 4.78 is 33.1. The van der Waals surface area contributed by atoms with Gasteiger partial charge in [0.15, 0.2) is 18.1 Å². The molecule has 0 unspecified atom stereocenters. The lowest BCUT2D eigenvalue weighted by atomic mass is 10.0. The topological polar surface area (TPSA) is 141 Å². The summed E-state index contributed by atoms with van der Waals surface area (Å²) in [5.74, 6) is -1.38. The number of benzene rings is 2. The van der Waals surface area contributed by atoms with Gasteiger partial charge in [-0.3, -0.25) is 23.6 Å². The van der Waals surface area contributed by atoms with Gasteiger partial charge in [0.2, 0.25) is 0 Å². The number of carbonyl (C=O) groups is 3. The zero-order valence-corrected chi connectivity index (χ0v) is 23.6. The van der Waals surface area contributed by atoms with Crippen molar-refractivity contribution in [1.29, 1.82) is 0 Å². The predicted molar refractivity (Wildman–Crippen MR) is 154 cm³/mol. The number of aromatic nitrogens is 2. The summed E-state index contributed by atoms with van der Waals surface area (Å²) in [7, 11) is 1.43. The first-order valence-electron chi connectivity index (χ1n) is 13.9. The Balaban J connectivity index is 1.30. The number of ether oxygens (including phenoxy) is 3. The van der Waals surface area contributed by atoms with Crippen LogP contribution in [0.4, 0.5) is 4.39 Å². The number of likely N-dealkylation sites (tertiary alicyclic amines) is 1. The fourth-order valence-corrected chi connectivity index (χ4v) is 5.31. The number of rotatable bonds is 2. The predicted octanol–water partition coefficient (Wildman–Crippen LogP) is 1.94. The van der Waals surface area contributed by atoms with Crippen LogP contribution in [0.3, 0.4) is 0 Å². The monoisotopic (exact) mass is 601 g/mol. The Labute approximate surface area is 250 Å². The average molecular weight is 602 g/mol. The van der Waals surface area contributed by atoms with Crippen molar-refractivity contribution < 1.29 is 33.0 Å². The van der Waals surface area contributed by atoms with Gasteiger partial charge in [0.05, 0.1) is 13.2 Å². The molecule has 0 spiro atoms. The van der Waals surface area contributed by atoms with Crippen molar-refractivity contribution in [2.75, 3.05) is 26.8 Å². The van der Waals surface area contributed by atoms with Crippen molar-refractivity contribution in [1.82, 2.24) is 24.9 Å². The number of halogens is 1. The number of pyridine rings is 1. The molecule has 4 aromatic rings. The second-order valence-corrected chi connectivity index (χ2v) is 10.4. The highest BCUT2D eigenvalue weighted by atomic mass is 19.1. The molecule has 226 valence electrons. The maximum atomic E-state index is 14.6. The van der Waals surface area contributed by atoms with Crippen LogP contribution >= 0.6 is 0 Å². The molecule has 3 amide bonds. The van der Waals surface area contributed by atoms with Gasteiger partial charge < -0.3 is 29.7 Å². The molecule has 2 aromatic heterocycles. The van der Waals surface area contributed by atoms with E-state index in [1.165, 1.54) is 47.0 Å². The van der Waals surface area contributed by atoms with Crippen LogP contribution in [-0.4, -0.2) is 71.0 Å². The lowest BCUT2D eigenvalue weighted by Crippen LogP contribution is -2.59. The highest BCUT2D eigenvalue weighted by Gasteiger charge is 2.35. The van der Waals surface area contributed by atoms with Crippen molar-refractivity contribution in [3.63, 3.8) is 0 Å². The minimum Gasteiger partial charge on any atom is -0.493 e. The molecular weight excluding hydrogens is 573 g/mol. The third kappa shape index (κ3) is 5.89. The van der Waals surface area contributed by atoms with Gasteiger partial charge in [0.25, 0.3) is 23.3 Å². The van der Waals surface area contributed by atoms with Crippen molar-refractivity contribution in [2.24, 2.45) is 0 Å². The molecule has 0 radical (unpaired) electrons. The highest BCUT2D eigenvalue weighted by molar-refractivity contribution is 5.95. The second-order valence-electron chi connectivity index (χ2n) is 10.4. The summed E-state index contributed by atoms with van der Waals surface area (Å²) in [5.41, 5.74) is 0.497. The van der Waals surface area contributed by atoms with Gasteiger partial charge in [-0.2, -0.15) is 0 Å². The molecule has 2 atom stereocenters. The van der Waals surface area contributed by atoms with E-state index in [-0.39, 0.29) is 48.7 Å². The van der Waals surface area contributed by atoms with E-state index in [0.717, 1.165) is 0 Å². The molecule has 1 fully saturated rings. The van der Waals surface area contributed by atoms with E-state index in [4.69, 9.17) is 14.2 Å². The number of methoxy groups -OCH3 is 1. The van der Waals surface area contributed by atoms with Crippen molar-refractivity contribution in [3.8, 4) is 17.2 Å². The number of hydrogen-bond acceptors (Lipinski definition) is 8. The summed E-state index contributed by atoms with van der Waals surface area (Å²) in [5, 5.41) is 5.61. The van der Waals surface area contributed by atoms with Gasteiger partial charge in [0.1, 0.15) is 28.9 Å². The lowest BCUT2D eigenvalue weighted by molar-refractivity contribution is -0.125. The van der Waals surface area contributed by atoms with Crippen molar-refractivity contribution in [3.05, 3.63) is 99.9 Å². The number of nitrogens with one attached hydrogen (secondary N) is 2. The van der Waals surface area contributed by atoms with E-state index in [0.29, 0.717) is 17.0 Å². The first-order valence-corrected chi connectivity index (χ1v) is 13.9. The number of nitrogens with zero attached hydrogens (tertiary/aromatic N) is 3. The lowest BCUT2D eigenvalue weighted by Gasteiger charge is -2.38. The Morgan fingerprint density at radius 3 is 2.82 bits per heavy atom. The Kier molecular flexibility index (Phi) is 7.84. The third-order valence-corrected chi connectivity index (χ3v) is 7.48. The molecule has 2 aromatic carbocycles. The van der Waals surface area contributed by atoms with Gasteiger partial charge >= 0.3 is 0 Å². The smallest absolute Gasteiger partial charge is 0.270 e. The van der Waals surface area contributed by atoms with Crippen LogP contribution in [0.25, 0.3) is 5.65 Å². The summed E-state index contributed by atoms with van der Waals surface area (Å²) in [6.07, 6.45) is 2.39. The summed E-state index contributed by atoms with van der Waals surface area (Å²) >= 11 is 0. The van der Waals surface area contributed by atoms with Gasteiger partial charge in [-0.25, -0.2) is 9.37 Å². The van der Waals surface area contributed by atoms with Gasteiger partial charge in [0, 0.05) is 50.1 Å². The van der Waals surface area contributed by atoms with Crippen LogP contribution in [-0.2, 0) is 11.3 Å². The van der Waals surface area contributed by atoms with Crippen molar-refractivity contribution >= 4 is 23.4 Å². The quantitative estimate of drug-likeness (QED) is 0.355. The minimum atomic E-state index is -0.743. The average Bonchev–Trinajstić information content (AvgIpc) is 3.02. The molecule has 6 rings (SSSR count). The van der Waals surface area contributed by atoms with E-state index in [1.807, 2.05) is 0 Å². The molecule has 1 saturated heterocycles. The molecule has 0 aliphatic carbocycles. The van der Waals surface area contributed by atoms with Gasteiger partial charge in [-0.15, -0.1) is 0 Å². The first-order chi connectivity index (χ1) is 21.3. The summed E-state index contributed by atoms with van der Waals surface area (Å²) in [6, 6.07) is 13.0. The summed E-state index contributed by atoms with van der Waals surface area (Å²) in [6.45, 7) is -0.203. The summed E-state index contributed by atoms with van der Waals surface area (Å²) in [4.78, 5) is 58.2. The van der Waals surface area contributed by atoms with E-state index >= 15 is 0 Å². The fraction of sp³-hybridized carbons (Fsp3) is 0.258. The van der Waals surface area contributed by atoms with Gasteiger partial charge in [-0.1, -0.05) is 6.07 Å². The largest absolute Gasteiger partial charge is 0.493 e. The number of carbonyl (C=O) groups excluding carboxylic acids is 3. The van der Waals surface area contributed by atoms with Crippen LogP contribution in [0, 0.1) is 5.82 Å². The third-order valence-electron chi connectivity index (χ3n) is 7.48. The highest BCUT2D eigenvalue weighted by Crippen LogP contribution is 2.29. The van der Waals surface area contributed by atoms with Crippen molar-refractivity contribution in [2.45, 2.75) is 25.1 Å². The van der Waals surface area contributed by atoms with E-state index < -0.39 is 47.9 Å². The number of fused-ring (bicyclic) bond motifs is 6. The minimum absolute atomic E-state index is 0.00318. The maximum absolute atomic E-state index is 14.6. The van der Waals surface area contributed by atoms with Crippen LogP contribution < -0.4 is 30.4 Å². The van der Waals surface area contributed by atoms with Crippen LogP contribution in [0.15, 0.2) is 71.8 Å². The maximum Gasteiger partial charge on any atom is 0.270 e. The van der Waals surface area contributed by atoms with Crippen LogP contribution in [0.2, 0.25) is 0 Å². The Bertz CT molecular complexity index is 1830. The van der Waals surface area contributed by atoms with Crippen LogP contribution in [0.1, 0.15) is 32.7 Å². The molecule has 12 nitrogen and oxygen atoms in total. The molecule has 2 aliphatic rings. The number of amides is 3. The van der Waals surface area contributed by atoms with E-state index in [9.17, 15) is 23.6 Å². The molecule has 2 N–H and O–H groups in total. The SMILES string of the molecule is COc1ccc2cc1OCC(=O)N[C@@H]1CN(C(=O)c3cnc4ccccn4c3=O)CC[C@@H]1Oc1cc(F)cc(c1)CNC2=O. The fourth-order valence-electron chi connectivity index (χ4n) is 5.31. The molecule has 44 heavy (non-hydrogen) atoms. The zero-order chi connectivity index (χ0) is 30.8. The number of hydrogen-bond donors (Lipinski definition) is 2. The second kappa shape index (κ2) is 12.0.